The van der Waals surface area contributed by atoms with E-state index in [1.165, 1.54) is 6.33 Å². The quantitative estimate of drug-likeness (QED) is 0.658. The first-order chi connectivity index (χ1) is 6.88. The fraction of sp³-hybridized carbons (Fsp3) is 0.125. The van der Waals surface area contributed by atoms with Gasteiger partial charge in [-0.3, -0.25) is 0 Å². The van der Waals surface area contributed by atoms with Crippen LogP contribution in [0.25, 0.3) is 0 Å². The molecule has 0 aliphatic carbocycles. The van der Waals surface area contributed by atoms with Crippen LogP contribution in [0.3, 0.4) is 0 Å². The first kappa shape index (κ1) is 8.31. The smallest absolute Gasteiger partial charge is 0.140 e. The second-order valence-corrected chi connectivity index (χ2v) is 2.63. The van der Waals surface area contributed by atoms with Gasteiger partial charge in [-0.2, -0.15) is 5.26 Å². The van der Waals surface area contributed by atoms with Crippen molar-refractivity contribution in [2.24, 2.45) is 0 Å². The molecule has 0 saturated heterocycles. The van der Waals surface area contributed by atoms with Crippen molar-refractivity contribution in [2.45, 2.75) is 6.54 Å². The number of tetrazole rings is 1. The molecule has 6 heteroatoms. The van der Waals surface area contributed by atoms with Gasteiger partial charge in [0.25, 0.3) is 0 Å². The molecule has 0 aromatic carbocycles. The summed E-state index contributed by atoms with van der Waals surface area (Å²) in [6.07, 6.45) is 1.50. The summed E-state index contributed by atoms with van der Waals surface area (Å²) >= 11 is 0. The summed E-state index contributed by atoms with van der Waals surface area (Å²) in [5, 5.41) is 19.3. The third-order valence-electron chi connectivity index (χ3n) is 1.64. The zero-order valence-corrected chi connectivity index (χ0v) is 7.20. The van der Waals surface area contributed by atoms with Gasteiger partial charge in [-0.05, 0) is 22.6 Å². The first-order valence-electron chi connectivity index (χ1n) is 3.95. The molecule has 0 bridgehead atoms. The van der Waals surface area contributed by atoms with Crippen LogP contribution >= 0.6 is 0 Å². The molecule has 0 saturated carbocycles. The molecule has 0 spiro atoms. The Bertz CT molecular complexity index is 455. The summed E-state index contributed by atoms with van der Waals surface area (Å²) in [6.45, 7) is 0.475. The normalized spacial score (nSPS) is 9.64. The number of rotatable bonds is 2. The Morgan fingerprint density at radius 3 is 3.07 bits per heavy atom. The van der Waals surface area contributed by atoms with Crippen LogP contribution in [0.4, 0.5) is 0 Å². The summed E-state index contributed by atoms with van der Waals surface area (Å²) in [6, 6.07) is 7.24. The lowest BCUT2D eigenvalue weighted by molar-refractivity contribution is 0.637. The van der Waals surface area contributed by atoms with Gasteiger partial charge in [0.2, 0.25) is 0 Å². The third kappa shape index (κ3) is 1.72. The van der Waals surface area contributed by atoms with E-state index in [1.807, 2.05) is 12.1 Å². The predicted octanol–water partition coefficient (Wildman–Crippen LogP) is -0.0119. The molecule has 0 radical (unpaired) electrons. The van der Waals surface area contributed by atoms with Gasteiger partial charge in [0.05, 0.1) is 12.2 Å². The van der Waals surface area contributed by atoms with E-state index in [0.717, 1.165) is 5.69 Å². The molecule has 0 fully saturated rings. The molecule has 2 rings (SSSR count). The second-order valence-electron chi connectivity index (χ2n) is 2.63. The first-order valence-corrected chi connectivity index (χ1v) is 3.95. The van der Waals surface area contributed by atoms with Crippen LogP contribution in [0.2, 0.25) is 0 Å². The highest BCUT2D eigenvalue weighted by Gasteiger charge is 1.98. The summed E-state index contributed by atoms with van der Waals surface area (Å²) in [7, 11) is 0. The Labute approximate surface area is 79.8 Å². The minimum Gasteiger partial charge on any atom is -0.240 e. The van der Waals surface area contributed by atoms with Crippen LogP contribution in [0.1, 0.15) is 11.4 Å². The van der Waals surface area contributed by atoms with E-state index >= 15 is 0 Å². The lowest BCUT2D eigenvalue weighted by Crippen LogP contribution is -2.03. The highest BCUT2D eigenvalue weighted by atomic mass is 15.5. The van der Waals surface area contributed by atoms with Crippen LogP contribution in [0.15, 0.2) is 24.5 Å². The van der Waals surface area contributed by atoms with Crippen molar-refractivity contribution in [3.63, 3.8) is 0 Å². The largest absolute Gasteiger partial charge is 0.240 e. The maximum Gasteiger partial charge on any atom is 0.140 e. The Morgan fingerprint density at radius 1 is 1.43 bits per heavy atom. The Kier molecular flexibility index (Phi) is 2.15. The Balaban J connectivity index is 2.22. The molecule has 2 heterocycles. The van der Waals surface area contributed by atoms with Crippen LogP contribution in [0, 0.1) is 11.3 Å². The molecule has 2 aromatic heterocycles. The molecule has 0 unspecified atom stereocenters. The molecule has 68 valence electrons. The average Bonchev–Trinajstić information content (AvgIpc) is 2.71. The van der Waals surface area contributed by atoms with Crippen LogP contribution in [0.5, 0.6) is 0 Å². The average molecular weight is 186 g/mol. The van der Waals surface area contributed by atoms with Gasteiger partial charge in [-0.15, -0.1) is 5.10 Å². The monoisotopic (exact) mass is 186 g/mol. The van der Waals surface area contributed by atoms with E-state index in [0.29, 0.717) is 12.2 Å². The van der Waals surface area contributed by atoms with E-state index in [1.54, 1.807) is 16.8 Å². The van der Waals surface area contributed by atoms with Crippen molar-refractivity contribution < 1.29 is 0 Å². The van der Waals surface area contributed by atoms with Gasteiger partial charge in [0.15, 0.2) is 0 Å². The number of nitrogens with zero attached hydrogens (tertiary/aromatic N) is 6. The SMILES string of the molecule is N#Cc1cccc(Cn2cnnn2)n1. The van der Waals surface area contributed by atoms with Gasteiger partial charge in [0.1, 0.15) is 18.1 Å². The zero-order valence-electron chi connectivity index (χ0n) is 7.20. The van der Waals surface area contributed by atoms with Gasteiger partial charge in [0, 0.05) is 0 Å². The van der Waals surface area contributed by atoms with E-state index < -0.39 is 0 Å². The predicted molar refractivity (Wildman–Crippen MR) is 45.9 cm³/mol. The maximum absolute atomic E-state index is 8.63. The second kappa shape index (κ2) is 3.62. The molecule has 6 nitrogen and oxygen atoms in total. The van der Waals surface area contributed by atoms with Gasteiger partial charge < -0.3 is 0 Å². The molecular weight excluding hydrogens is 180 g/mol. The molecule has 0 atom stereocenters. The van der Waals surface area contributed by atoms with Crippen molar-refractivity contribution in [1.82, 2.24) is 25.2 Å². The molecule has 0 amide bonds. The zero-order chi connectivity index (χ0) is 9.80. The van der Waals surface area contributed by atoms with Crippen molar-refractivity contribution in [2.75, 3.05) is 0 Å². The van der Waals surface area contributed by atoms with Crippen molar-refractivity contribution in [3.8, 4) is 6.07 Å². The Hall–Kier alpha value is -2.29. The standard InChI is InChI=1S/C8H6N6/c9-4-7-2-1-3-8(11-7)5-14-6-10-12-13-14/h1-3,6H,5H2. The summed E-state index contributed by atoms with van der Waals surface area (Å²) in [4.78, 5) is 4.09. The lowest BCUT2D eigenvalue weighted by Gasteiger charge is -1.98. The molecule has 0 aliphatic rings. The Morgan fingerprint density at radius 2 is 2.36 bits per heavy atom. The maximum atomic E-state index is 8.63. The molecule has 14 heavy (non-hydrogen) atoms. The summed E-state index contributed by atoms with van der Waals surface area (Å²) in [5.74, 6) is 0. The molecular formula is C8H6N6. The van der Waals surface area contributed by atoms with Gasteiger partial charge in [-0.25, -0.2) is 9.67 Å². The summed E-state index contributed by atoms with van der Waals surface area (Å²) < 4.78 is 1.55. The van der Waals surface area contributed by atoms with E-state index in [4.69, 9.17) is 5.26 Å². The lowest BCUT2D eigenvalue weighted by atomic mass is 10.3. The van der Waals surface area contributed by atoms with E-state index in [2.05, 4.69) is 20.5 Å². The highest BCUT2D eigenvalue weighted by Crippen LogP contribution is 1.99. The van der Waals surface area contributed by atoms with Crippen molar-refractivity contribution in [1.29, 1.82) is 5.26 Å². The van der Waals surface area contributed by atoms with Gasteiger partial charge in [-0.1, -0.05) is 6.07 Å². The van der Waals surface area contributed by atoms with Crippen LogP contribution < -0.4 is 0 Å². The minimum absolute atomic E-state index is 0.399. The topological polar surface area (TPSA) is 80.3 Å². The highest BCUT2D eigenvalue weighted by molar-refractivity contribution is 5.22. The third-order valence-corrected chi connectivity index (χ3v) is 1.64. The number of hydrogen-bond donors (Lipinski definition) is 0. The molecule has 2 aromatic rings. The van der Waals surface area contributed by atoms with Crippen LogP contribution in [-0.4, -0.2) is 25.2 Å². The van der Waals surface area contributed by atoms with Crippen molar-refractivity contribution >= 4 is 0 Å². The fourth-order valence-electron chi connectivity index (χ4n) is 1.05. The number of pyridine rings is 1. The van der Waals surface area contributed by atoms with E-state index in [9.17, 15) is 0 Å². The number of hydrogen-bond acceptors (Lipinski definition) is 5. The van der Waals surface area contributed by atoms with E-state index in [-0.39, 0.29) is 0 Å². The summed E-state index contributed by atoms with van der Waals surface area (Å²) in [5.41, 5.74) is 1.16. The molecule has 0 N–H and O–H groups in total. The van der Waals surface area contributed by atoms with Crippen LogP contribution in [-0.2, 0) is 6.54 Å². The van der Waals surface area contributed by atoms with Crippen molar-refractivity contribution in [3.05, 3.63) is 35.9 Å². The van der Waals surface area contributed by atoms with Gasteiger partial charge >= 0.3 is 0 Å². The fourth-order valence-corrected chi connectivity index (χ4v) is 1.05. The minimum atomic E-state index is 0.399. The molecule has 0 aliphatic heterocycles. The number of aromatic nitrogens is 5. The number of nitriles is 1.